The number of H-pyrrole nitrogens is 1. The number of aromatic nitrogens is 3. The maximum Gasteiger partial charge on any atom is 0.178 e. The lowest BCUT2D eigenvalue weighted by atomic mass is 10.2. The van der Waals surface area contributed by atoms with Crippen molar-refractivity contribution in [2.75, 3.05) is 0 Å². The first kappa shape index (κ1) is 9.89. The van der Waals surface area contributed by atoms with Gasteiger partial charge in [0.1, 0.15) is 17.5 Å². The van der Waals surface area contributed by atoms with Crippen molar-refractivity contribution < 1.29 is 8.78 Å². The molecule has 3 nitrogen and oxygen atoms in total. The van der Waals surface area contributed by atoms with E-state index < -0.39 is 5.82 Å². The number of benzene rings is 1. The van der Waals surface area contributed by atoms with E-state index in [0.717, 1.165) is 6.20 Å². The molecule has 2 aromatic heterocycles. The van der Waals surface area contributed by atoms with E-state index in [2.05, 4.69) is 15.0 Å². The van der Waals surface area contributed by atoms with Crippen LogP contribution >= 0.6 is 0 Å². The molecule has 84 valence electrons. The third kappa shape index (κ3) is 1.75. The maximum absolute atomic E-state index is 13.1. The van der Waals surface area contributed by atoms with Gasteiger partial charge in [0.05, 0.1) is 11.7 Å². The first-order valence-corrected chi connectivity index (χ1v) is 4.99. The van der Waals surface area contributed by atoms with Crippen molar-refractivity contribution in [1.29, 1.82) is 0 Å². The molecule has 1 aromatic carbocycles. The second-order valence-corrected chi connectivity index (χ2v) is 3.62. The van der Waals surface area contributed by atoms with Crippen LogP contribution in [0.25, 0.3) is 22.6 Å². The highest BCUT2D eigenvalue weighted by molar-refractivity contribution is 5.75. The standard InChI is InChI=1S/C12H7F2N3/c13-8-3-1-2-7(4-8)11-16-10-5-9(14)6-15-12(10)17-11/h1-6H,(H,15,16,17). The van der Waals surface area contributed by atoms with Crippen LogP contribution in [-0.2, 0) is 0 Å². The van der Waals surface area contributed by atoms with Gasteiger partial charge in [-0.15, -0.1) is 0 Å². The summed E-state index contributed by atoms with van der Waals surface area (Å²) in [7, 11) is 0. The Balaban J connectivity index is 2.18. The zero-order valence-corrected chi connectivity index (χ0v) is 8.61. The summed E-state index contributed by atoms with van der Waals surface area (Å²) in [5, 5.41) is 0. The zero-order valence-electron chi connectivity index (χ0n) is 8.61. The van der Waals surface area contributed by atoms with Crippen molar-refractivity contribution in [3.63, 3.8) is 0 Å². The quantitative estimate of drug-likeness (QED) is 0.699. The van der Waals surface area contributed by atoms with Crippen molar-refractivity contribution in [2.24, 2.45) is 0 Å². The monoisotopic (exact) mass is 231 g/mol. The van der Waals surface area contributed by atoms with Gasteiger partial charge in [0.15, 0.2) is 5.65 Å². The molecule has 17 heavy (non-hydrogen) atoms. The molecule has 0 fully saturated rings. The summed E-state index contributed by atoms with van der Waals surface area (Å²) < 4.78 is 26.0. The van der Waals surface area contributed by atoms with Gasteiger partial charge in [0.2, 0.25) is 0 Å². The van der Waals surface area contributed by atoms with Crippen molar-refractivity contribution in [1.82, 2.24) is 15.0 Å². The highest BCUT2D eigenvalue weighted by Gasteiger charge is 2.07. The van der Waals surface area contributed by atoms with Gasteiger partial charge in [-0.05, 0) is 12.1 Å². The molecule has 0 saturated heterocycles. The third-order valence-corrected chi connectivity index (χ3v) is 2.40. The van der Waals surface area contributed by atoms with Crippen molar-refractivity contribution >= 4 is 11.2 Å². The summed E-state index contributed by atoms with van der Waals surface area (Å²) in [6, 6.07) is 7.32. The summed E-state index contributed by atoms with van der Waals surface area (Å²) in [5.41, 5.74) is 1.50. The molecule has 0 saturated carbocycles. The SMILES string of the molecule is Fc1cccc(-c2nc3ncc(F)cc3[nH]2)c1. The van der Waals surface area contributed by atoms with Crippen LogP contribution in [-0.4, -0.2) is 15.0 Å². The molecule has 0 aliphatic carbocycles. The van der Waals surface area contributed by atoms with E-state index in [0.29, 0.717) is 22.6 Å². The molecule has 0 amide bonds. The topological polar surface area (TPSA) is 41.6 Å². The van der Waals surface area contributed by atoms with E-state index in [1.165, 1.54) is 18.2 Å². The van der Waals surface area contributed by atoms with Crippen LogP contribution < -0.4 is 0 Å². The lowest BCUT2D eigenvalue weighted by molar-refractivity contribution is 0.624. The van der Waals surface area contributed by atoms with Crippen LogP contribution in [0.3, 0.4) is 0 Å². The molecule has 0 radical (unpaired) electrons. The normalized spacial score (nSPS) is 10.9. The molecule has 0 bridgehead atoms. The second-order valence-electron chi connectivity index (χ2n) is 3.62. The van der Waals surface area contributed by atoms with Crippen LogP contribution in [0.15, 0.2) is 36.5 Å². The summed E-state index contributed by atoms with van der Waals surface area (Å²) >= 11 is 0. The number of fused-ring (bicyclic) bond motifs is 1. The number of pyridine rings is 1. The number of hydrogen-bond donors (Lipinski definition) is 1. The molecule has 1 N–H and O–H groups in total. The number of rotatable bonds is 1. The van der Waals surface area contributed by atoms with Crippen LogP contribution in [0.2, 0.25) is 0 Å². The fourth-order valence-electron chi connectivity index (χ4n) is 1.65. The average Bonchev–Trinajstić information content (AvgIpc) is 2.72. The molecule has 3 rings (SSSR count). The van der Waals surface area contributed by atoms with Gasteiger partial charge >= 0.3 is 0 Å². The zero-order chi connectivity index (χ0) is 11.8. The summed E-state index contributed by atoms with van der Waals surface area (Å²) in [6.07, 6.45) is 1.10. The Morgan fingerprint density at radius 1 is 1.06 bits per heavy atom. The summed E-state index contributed by atoms with van der Waals surface area (Å²) in [4.78, 5) is 10.9. The number of imidazole rings is 1. The summed E-state index contributed by atoms with van der Waals surface area (Å²) in [6.45, 7) is 0. The second kappa shape index (κ2) is 3.62. The fourth-order valence-corrected chi connectivity index (χ4v) is 1.65. The minimum Gasteiger partial charge on any atom is -0.336 e. The number of aromatic amines is 1. The van der Waals surface area contributed by atoms with Crippen LogP contribution in [0, 0.1) is 11.6 Å². The van der Waals surface area contributed by atoms with Gasteiger partial charge in [0, 0.05) is 11.6 Å². The maximum atomic E-state index is 13.1. The molecule has 2 heterocycles. The summed E-state index contributed by atoms with van der Waals surface area (Å²) in [5.74, 6) is -0.313. The fraction of sp³-hybridized carbons (Fsp3) is 0. The molecule has 0 spiro atoms. The molecule has 0 aliphatic rings. The van der Waals surface area contributed by atoms with E-state index >= 15 is 0 Å². The Bertz CT molecular complexity index is 691. The average molecular weight is 231 g/mol. The van der Waals surface area contributed by atoms with E-state index in [-0.39, 0.29) is 5.82 Å². The van der Waals surface area contributed by atoms with Gasteiger partial charge in [0.25, 0.3) is 0 Å². The Labute approximate surface area is 95.1 Å². The van der Waals surface area contributed by atoms with E-state index in [4.69, 9.17) is 0 Å². The first-order valence-electron chi connectivity index (χ1n) is 4.99. The van der Waals surface area contributed by atoms with Gasteiger partial charge in [-0.25, -0.2) is 18.7 Å². The predicted octanol–water partition coefficient (Wildman–Crippen LogP) is 2.90. The van der Waals surface area contributed by atoms with Gasteiger partial charge in [-0.3, -0.25) is 0 Å². The van der Waals surface area contributed by atoms with Crippen LogP contribution in [0.4, 0.5) is 8.78 Å². The molecular weight excluding hydrogens is 224 g/mol. The molecule has 0 unspecified atom stereocenters. The number of halogens is 2. The molecular formula is C12H7F2N3. The smallest absolute Gasteiger partial charge is 0.178 e. The van der Waals surface area contributed by atoms with Crippen LogP contribution in [0.5, 0.6) is 0 Å². The highest BCUT2D eigenvalue weighted by atomic mass is 19.1. The van der Waals surface area contributed by atoms with Crippen molar-refractivity contribution in [3.8, 4) is 11.4 Å². The molecule has 0 aliphatic heterocycles. The molecule has 5 heteroatoms. The Hall–Kier alpha value is -2.30. The Morgan fingerprint density at radius 2 is 1.94 bits per heavy atom. The van der Waals surface area contributed by atoms with E-state index in [1.807, 2.05) is 0 Å². The largest absolute Gasteiger partial charge is 0.336 e. The molecule has 0 atom stereocenters. The van der Waals surface area contributed by atoms with Crippen molar-refractivity contribution in [2.45, 2.75) is 0 Å². The molecule has 3 aromatic rings. The third-order valence-electron chi connectivity index (χ3n) is 2.40. The van der Waals surface area contributed by atoms with E-state index in [1.54, 1.807) is 12.1 Å². The Kier molecular flexibility index (Phi) is 2.11. The van der Waals surface area contributed by atoms with Gasteiger partial charge in [-0.2, -0.15) is 0 Å². The van der Waals surface area contributed by atoms with E-state index in [9.17, 15) is 8.78 Å². The lowest BCUT2D eigenvalue weighted by Gasteiger charge is -1.95. The number of nitrogens with one attached hydrogen (secondary N) is 1. The van der Waals surface area contributed by atoms with Crippen molar-refractivity contribution in [3.05, 3.63) is 48.2 Å². The number of nitrogens with zero attached hydrogens (tertiary/aromatic N) is 2. The Morgan fingerprint density at radius 3 is 2.76 bits per heavy atom. The minimum absolute atomic E-state index is 0.345. The number of hydrogen-bond acceptors (Lipinski definition) is 2. The van der Waals surface area contributed by atoms with Crippen LogP contribution in [0.1, 0.15) is 0 Å². The van der Waals surface area contributed by atoms with Gasteiger partial charge in [-0.1, -0.05) is 12.1 Å². The lowest BCUT2D eigenvalue weighted by Crippen LogP contribution is -1.81. The minimum atomic E-state index is -0.438. The highest BCUT2D eigenvalue weighted by Crippen LogP contribution is 2.20. The first-order chi connectivity index (χ1) is 8.22. The van der Waals surface area contributed by atoms with Gasteiger partial charge < -0.3 is 4.98 Å². The predicted molar refractivity (Wildman–Crippen MR) is 59.2 cm³/mol.